The summed E-state index contributed by atoms with van der Waals surface area (Å²) in [6, 6.07) is 8.22. The highest BCUT2D eigenvalue weighted by molar-refractivity contribution is 9.10. The number of benzene rings is 1. The van der Waals surface area contributed by atoms with E-state index in [-0.39, 0.29) is 18.2 Å². The maximum atomic E-state index is 11.5. The standard InChI is InChI=1S/C16H20BrNO3/c1-20-14(19)8-21-16(12-3-2-4-13(17)7-12)6-5-15(9-16)10-18-11-15/h2-4,7,18H,5-6,8-11H2,1H3. The van der Waals surface area contributed by atoms with Crippen molar-refractivity contribution in [3.63, 3.8) is 0 Å². The summed E-state index contributed by atoms with van der Waals surface area (Å²) in [7, 11) is 1.39. The van der Waals surface area contributed by atoms with Gasteiger partial charge in [-0.2, -0.15) is 0 Å². The molecule has 5 heteroatoms. The number of halogens is 1. The predicted octanol–water partition coefficient (Wildman–Crippen LogP) is 2.61. The molecule has 114 valence electrons. The van der Waals surface area contributed by atoms with E-state index in [1.807, 2.05) is 12.1 Å². The van der Waals surface area contributed by atoms with Crippen LogP contribution in [0.4, 0.5) is 0 Å². The van der Waals surface area contributed by atoms with Crippen LogP contribution in [-0.4, -0.2) is 32.8 Å². The van der Waals surface area contributed by atoms with E-state index in [4.69, 9.17) is 9.47 Å². The fourth-order valence-electron chi connectivity index (χ4n) is 3.51. The Morgan fingerprint density at radius 1 is 1.38 bits per heavy atom. The van der Waals surface area contributed by atoms with Gasteiger partial charge in [0.1, 0.15) is 6.61 Å². The number of carbonyl (C=O) groups is 1. The molecule has 1 atom stereocenters. The van der Waals surface area contributed by atoms with Gasteiger partial charge in [-0.25, -0.2) is 4.79 Å². The zero-order valence-corrected chi connectivity index (χ0v) is 13.7. The molecule has 2 fully saturated rings. The summed E-state index contributed by atoms with van der Waals surface area (Å²) in [5, 5.41) is 3.36. The number of esters is 1. The Kier molecular flexibility index (Phi) is 4.08. The van der Waals surface area contributed by atoms with E-state index in [9.17, 15) is 4.79 Å². The fourth-order valence-corrected chi connectivity index (χ4v) is 3.91. The van der Waals surface area contributed by atoms with Gasteiger partial charge in [-0.05, 0) is 42.4 Å². The molecule has 0 aromatic heterocycles. The number of hydrogen-bond donors (Lipinski definition) is 1. The molecule has 1 N–H and O–H groups in total. The van der Waals surface area contributed by atoms with Gasteiger partial charge in [0.25, 0.3) is 0 Å². The van der Waals surface area contributed by atoms with Crippen molar-refractivity contribution >= 4 is 21.9 Å². The summed E-state index contributed by atoms with van der Waals surface area (Å²) in [5.74, 6) is -0.322. The second-order valence-electron chi connectivity index (χ2n) is 6.15. The summed E-state index contributed by atoms with van der Waals surface area (Å²) in [6.07, 6.45) is 3.04. The van der Waals surface area contributed by atoms with Crippen LogP contribution in [0, 0.1) is 5.41 Å². The van der Waals surface area contributed by atoms with E-state index < -0.39 is 0 Å². The van der Waals surface area contributed by atoms with Crippen molar-refractivity contribution < 1.29 is 14.3 Å². The number of carbonyl (C=O) groups excluding carboxylic acids is 1. The van der Waals surface area contributed by atoms with Crippen LogP contribution in [0.15, 0.2) is 28.7 Å². The second-order valence-corrected chi connectivity index (χ2v) is 7.07. The summed E-state index contributed by atoms with van der Waals surface area (Å²) >= 11 is 3.53. The van der Waals surface area contributed by atoms with Crippen LogP contribution in [0.2, 0.25) is 0 Å². The summed E-state index contributed by atoms with van der Waals surface area (Å²) < 4.78 is 11.8. The van der Waals surface area contributed by atoms with Crippen LogP contribution in [0.25, 0.3) is 0 Å². The van der Waals surface area contributed by atoms with Gasteiger partial charge in [0.15, 0.2) is 0 Å². The lowest BCUT2D eigenvalue weighted by Crippen LogP contribution is -2.52. The largest absolute Gasteiger partial charge is 0.467 e. The minimum absolute atomic E-state index is 0.00647. The van der Waals surface area contributed by atoms with Crippen molar-refractivity contribution in [2.24, 2.45) is 5.41 Å². The monoisotopic (exact) mass is 353 g/mol. The summed E-state index contributed by atoms with van der Waals surface area (Å²) in [6.45, 7) is 2.10. The van der Waals surface area contributed by atoms with Gasteiger partial charge in [-0.1, -0.05) is 28.1 Å². The maximum Gasteiger partial charge on any atom is 0.331 e. The van der Waals surface area contributed by atoms with Crippen LogP contribution in [0.3, 0.4) is 0 Å². The Labute approximate surface area is 133 Å². The van der Waals surface area contributed by atoms with Crippen LogP contribution in [0.1, 0.15) is 24.8 Å². The highest BCUT2D eigenvalue weighted by atomic mass is 79.9. The molecule has 0 amide bonds. The number of ether oxygens (including phenoxy) is 2. The first-order valence-corrected chi connectivity index (χ1v) is 8.04. The van der Waals surface area contributed by atoms with E-state index in [2.05, 4.69) is 33.4 Å². The van der Waals surface area contributed by atoms with Gasteiger partial charge in [-0.3, -0.25) is 0 Å². The van der Waals surface area contributed by atoms with Crippen molar-refractivity contribution in [3.05, 3.63) is 34.3 Å². The Morgan fingerprint density at radius 3 is 2.76 bits per heavy atom. The van der Waals surface area contributed by atoms with Crippen LogP contribution >= 0.6 is 15.9 Å². The molecular formula is C16H20BrNO3. The molecule has 1 aromatic rings. The fraction of sp³-hybridized carbons (Fsp3) is 0.562. The maximum absolute atomic E-state index is 11.5. The first-order chi connectivity index (χ1) is 10.1. The van der Waals surface area contributed by atoms with Crippen molar-refractivity contribution in [3.8, 4) is 0 Å². The molecular weight excluding hydrogens is 334 g/mol. The van der Waals surface area contributed by atoms with Gasteiger partial charge in [-0.15, -0.1) is 0 Å². The molecule has 1 heterocycles. The molecule has 1 saturated carbocycles. The first kappa shape index (κ1) is 15.0. The van der Waals surface area contributed by atoms with Crippen LogP contribution in [0.5, 0.6) is 0 Å². The number of nitrogens with one attached hydrogen (secondary N) is 1. The quantitative estimate of drug-likeness (QED) is 0.845. The Hall–Kier alpha value is -0.910. The molecule has 1 unspecified atom stereocenters. The third kappa shape index (κ3) is 2.87. The second kappa shape index (κ2) is 5.71. The average molecular weight is 354 g/mol. The molecule has 0 bridgehead atoms. The third-order valence-electron chi connectivity index (χ3n) is 4.76. The molecule has 1 aliphatic carbocycles. The van der Waals surface area contributed by atoms with Crippen molar-refractivity contribution in [2.75, 3.05) is 26.8 Å². The smallest absolute Gasteiger partial charge is 0.331 e. The van der Waals surface area contributed by atoms with Crippen molar-refractivity contribution in [1.82, 2.24) is 5.32 Å². The van der Waals surface area contributed by atoms with E-state index in [1.54, 1.807) is 0 Å². The normalized spacial score (nSPS) is 26.6. The van der Waals surface area contributed by atoms with Gasteiger partial charge in [0.2, 0.25) is 0 Å². The van der Waals surface area contributed by atoms with E-state index in [1.165, 1.54) is 7.11 Å². The number of hydrogen-bond acceptors (Lipinski definition) is 4. The molecule has 21 heavy (non-hydrogen) atoms. The molecule has 1 aromatic carbocycles. The van der Waals surface area contributed by atoms with Gasteiger partial charge in [0, 0.05) is 17.6 Å². The molecule has 4 nitrogen and oxygen atoms in total. The molecule has 0 radical (unpaired) electrons. The molecule has 1 aliphatic heterocycles. The highest BCUT2D eigenvalue weighted by Gasteiger charge is 2.52. The minimum Gasteiger partial charge on any atom is -0.467 e. The molecule has 1 saturated heterocycles. The lowest BCUT2D eigenvalue weighted by Gasteiger charge is -2.41. The first-order valence-electron chi connectivity index (χ1n) is 7.25. The van der Waals surface area contributed by atoms with Crippen molar-refractivity contribution in [2.45, 2.75) is 24.9 Å². The summed E-state index contributed by atoms with van der Waals surface area (Å²) in [4.78, 5) is 11.5. The average Bonchev–Trinajstić information content (AvgIpc) is 2.86. The van der Waals surface area contributed by atoms with Gasteiger partial charge in [0.05, 0.1) is 12.7 Å². The number of methoxy groups -OCH3 is 1. The van der Waals surface area contributed by atoms with Gasteiger partial charge < -0.3 is 14.8 Å². The lowest BCUT2D eigenvalue weighted by molar-refractivity contribution is -0.154. The van der Waals surface area contributed by atoms with Gasteiger partial charge >= 0.3 is 5.97 Å². The molecule has 1 spiro atoms. The minimum atomic E-state index is -0.375. The highest BCUT2D eigenvalue weighted by Crippen LogP contribution is 2.53. The molecule has 3 rings (SSSR count). The molecule has 2 aliphatic rings. The Morgan fingerprint density at radius 2 is 2.19 bits per heavy atom. The van der Waals surface area contributed by atoms with Crippen molar-refractivity contribution in [1.29, 1.82) is 0 Å². The summed E-state index contributed by atoms with van der Waals surface area (Å²) in [5.41, 5.74) is 1.10. The Balaban J connectivity index is 1.86. The van der Waals surface area contributed by atoms with E-state index in [0.29, 0.717) is 5.41 Å². The zero-order chi connectivity index (χ0) is 14.9. The van der Waals surface area contributed by atoms with Crippen LogP contribution < -0.4 is 5.32 Å². The van der Waals surface area contributed by atoms with Crippen LogP contribution in [-0.2, 0) is 19.9 Å². The Bertz CT molecular complexity index is 544. The lowest BCUT2D eigenvalue weighted by atomic mass is 9.77. The predicted molar refractivity (Wildman–Crippen MR) is 82.9 cm³/mol. The third-order valence-corrected chi connectivity index (χ3v) is 5.26. The SMILES string of the molecule is COC(=O)COC1(c2cccc(Br)c2)CCC2(CNC2)C1. The van der Waals surface area contributed by atoms with E-state index >= 15 is 0 Å². The topological polar surface area (TPSA) is 47.6 Å². The van der Waals surface area contributed by atoms with E-state index in [0.717, 1.165) is 42.4 Å². The number of rotatable bonds is 4. The zero-order valence-electron chi connectivity index (χ0n) is 12.2.